The molecule has 0 radical (unpaired) electrons. The molecule has 3 aromatic carbocycles. The molecule has 4 nitrogen and oxygen atoms in total. The van der Waals surface area contributed by atoms with Crippen LogP contribution in [0.3, 0.4) is 0 Å². The normalized spacial score (nSPS) is 11.7. The third kappa shape index (κ3) is 4.85. The summed E-state index contributed by atoms with van der Waals surface area (Å²) in [4.78, 5) is 12.7. The lowest BCUT2D eigenvalue weighted by Crippen LogP contribution is -2.29. The van der Waals surface area contributed by atoms with E-state index in [1.807, 2.05) is 30.3 Å². The zero-order chi connectivity index (χ0) is 19.9. The summed E-state index contributed by atoms with van der Waals surface area (Å²) in [6, 6.07) is 22.0. The Morgan fingerprint density at radius 3 is 1.96 bits per heavy atom. The van der Waals surface area contributed by atoms with Crippen LogP contribution in [0.4, 0.5) is 8.78 Å². The minimum absolute atomic E-state index is 0.0621. The summed E-state index contributed by atoms with van der Waals surface area (Å²) in [5.74, 6) is 0.460. The Morgan fingerprint density at radius 1 is 0.821 bits per heavy atom. The minimum atomic E-state index is -2.88. The van der Waals surface area contributed by atoms with Crippen molar-refractivity contribution in [3.63, 3.8) is 0 Å². The van der Waals surface area contributed by atoms with Gasteiger partial charge in [0.1, 0.15) is 11.5 Å². The van der Waals surface area contributed by atoms with Crippen LogP contribution in [-0.4, -0.2) is 19.6 Å². The predicted octanol–water partition coefficient (Wildman–Crippen LogP) is 4.82. The largest absolute Gasteiger partial charge is 0.497 e. The van der Waals surface area contributed by atoms with Gasteiger partial charge in [0.15, 0.2) is 0 Å². The maximum absolute atomic E-state index is 12.7. The van der Waals surface area contributed by atoms with Crippen molar-refractivity contribution in [2.45, 2.75) is 12.7 Å². The first-order chi connectivity index (χ1) is 13.6. The first-order valence-electron chi connectivity index (χ1n) is 8.61. The molecule has 0 fully saturated rings. The molecule has 28 heavy (non-hydrogen) atoms. The number of alkyl halides is 2. The molecule has 6 heteroatoms. The van der Waals surface area contributed by atoms with Crippen molar-refractivity contribution < 1.29 is 23.0 Å². The Hall–Kier alpha value is -3.41. The topological polar surface area (TPSA) is 47.6 Å². The van der Waals surface area contributed by atoms with E-state index in [0.29, 0.717) is 11.3 Å². The number of carbonyl (C=O) groups is 1. The highest BCUT2D eigenvalue weighted by atomic mass is 19.3. The maximum atomic E-state index is 12.7. The van der Waals surface area contributed by atoms with Gasteiger partial charge in [-0.3, -0.25) is 4.79 Å². The van der Waals surface area contributed by atoms with Crippen molar-refractivity contribution in [2.24, 2.45) is 0 Å². The van der Waals surface area contributed by atoms with Crippen LogP contribution in [-0.2, 0) is 0 Å². The van der Waals surface area contributed by atoms with Gasteiger partial charge in [-0.15, -0.1) is 0 Å². The van der Waals surface area contributed by atoms with Gasteiger partial charge in [0.05, 0.1) is 13.2 Å². The Morgan fingerprint density at radius 2 is 1.39 bits per heavy atom. The molecule has 0 aromatic heterocycles. The van der Waals surface area contributed by atoms with Crippen LogP contribution in [0.5, 0.6) is 11.5 Å². The third-order valence-electron chi connectivity index (χ3n) is 4.20. The summed E-state index contributed by atoms with van der Waals surface area (Å²) in [6.07, 6.45) is 0. The SMILES string of the molecule is COc1ccc(C(=O)N[C@H](c2ccccc2)c2ccc(OC(F)F)cc2)cc1. The van der Waals surface area contributed by atoms with Gasteiger partial charge in [0, 0.05) is 5.56 Å². The van der Waals surface area contributed by atoms with Crippen LogP contribution in [0.15, 0.2) is 78.9 Å². The van der Waals surface area contributed by atoms with E-state index in [1.54, 1.807) is 43.5 Å². The van der Waals surface area contributed by atoms with Gasteiger partial charge in [-0.2, -0.15) is 8.78 Å². The molecule has 0 aliphatic carbocycles. The molecule has 0 bridgehead atoms. The number of rotatable bonds is 7. The number of benzene rings is 3. The van der Waals surface area contributed by atoms with Crippen LogP contribution in [0.2, 0.25) is 0 Å². The monoisotopic (exact) mass is 383 g/mol. The molecule has 3 rings (SSSR count). The highest BCUT2D eigenvalue weighted by Gasteiger charge is 2.18. The Balaban J connectivity index is 1.86. The minimum Gasteiger partial charge on any atom is -0.497 e. The van der Waals surface area contributed by atoms with E-state index in [9.17, 15) is 13.6 Å². The van der Waals surface area contributed by atoms with Crippen LogP contribution >= 0.6 is 0 Å². The number of methoxy groups -OCH3 is 1. The van der Waals surface area contributed by atoms with E-state index in [1.165, 1.54) is 12.1 Å². The standard InChI is InChI=1S/C22H19F2NO3/c1-27-18-11-9-17(10-12-18)21(26)25-20(15-5-3-2-4-6-15)16-7-13-19(14-8-16)28-22(23)24/h2-14,20,22H,1H3,(H,25,26)/t20-/m1/s1. The maximum Gasteiger partial charge on any atom is 0.387 e. The second-order valence-electron chi connectivity index (χ2n) is 5.99. The van der Waals surface area contributed by atoms with Crippen LogP contribution in [0.1, 0.15) is 27.5 Å². The van der Waals surface area contributed by atoms with E-state index in [-0.39, 0.29) is 11.7 Å². The Kier molecular flexibility index (Phi) is 6.22. The third-order valence-corrected chi connectivity index (χ3v) is 4.20. The molecule has 1 atom stereocenters. The van der Waals surface area contributed by atoms with E-state index in [0.717, 1.165) is 11.1 Å². The average molecular weight is 383 g/mol. The molecule has 0 aliphatic heterocycles. The molecule has 0 heterocycles. The average Bonchev–Trinajstić information content (AvgIpc) is 2.73. The highest BCUT2D eigenvalue weighted by molar-refractivity contribution is 5.94. The summed E-state index contributed by atoms with van der Waals surface area (Å²) in [5, 5.41) is 2.99. The van der Waals surface area contributed by atoms with Crippen molar-refractivity contribution in [2.75, 3.05) is 7.11 Å². The first kappa shape index (κ1) is 19.4. The molecule has 1 amide bonds. The van der Waals surface area contributed by atoms with Gasteiger partial charge >= 0.3 is 6.61 Å². The number of amides is 1. The molecule has 3 aromatic rings. The van der Waals surface area contributed by atoms with Gasteiger partial charge in [-0.1, -0.05) is 42.5 Å². The van der Waals surface area contributed by atoms with Gasteiger partial charge < -0.3 is 14.8 Å². The summed E-state index contributed by atoms with van der Waals surface area (Å²) in [7, 11) is 1.56. The zero-order valence-corrected chi connectivity index (χ0v) is 15.1. The Labute approximate surface area is 161 Å². The number of carbonyl (C=O) groups excluding carboxylic acids is 1. The summed E-state index contributed by atoms with van der Waals surface area (Å²) in [6.45, 7) is -2.88. The molecular weight excluding hydrogens is 364 g/mol. The molecule has 0 aliphatic rings. The summed E-state index contributed by atoms with van der Waals surface area (Å²) >= 11 is 0. The zero-order valence-electron chi connectivity index (χ0n) is 15.1. The summed E-state index contributed by atoms with van der Waals surface area (Å²) in [5.41, 5.74) is 2.10. The molecule has 144 valence electrons. The van der Waals surface area contributed by atoms with Gasteiger partial charge in [-0.25, -0.2) is 0 Å². The van der Waals surface area contributed by atoms with Crippen LogP contribution < -0.4 is 14.8 Å². The first-order valence-corrected chi connectivity index (χ1v) is 8.61. The number of halogens is 2. The molecule has 0 saturated carbocycles. The second kappa shape index (κ2) is 8.99. The van der Waals surface area contributed by atoms with Crippen LogP contribution in [0, 0.1) is 0 Å². The number of nitrogens with one attached hydrogen (secondary N) is 1. The van der Waals surface area contributed by atoms with Crippen molar-refractivity contribution in [1.82, 2.24) is 5.32 Å². The van der Waals surface area contributed by atoms with E-state index >= 15 is 0 Å². The van der Waals surface area contributed by atoms with E-state index < -0.39 is 12.7 Å². The number of hydrogen-bond donors (Lipinski definition) is 1. The lowest BCUT2D eigenvalue weighted by atomic mass is 9.98. The summed E-state index contributed by atoms with van der Waals surface area (Å²) < 4.78 is 34.2. The van der Waals surface area contributed by atoms with Crippen molar-refractivity contribution in [1.29, 1.82) is 0 Å². The molecular formula is C22H19F2NO3. The predicted molar refractivity (Wildman–Crippen MR) is 102 cm³/mol. The smallest absolute Gasteiger partial charge is 0.387 e. The molecule has 0 unspecified atom stereocenters. The highest BCUT2D eigenvalue weighted by Crippen LogP contribution is 2.25. The van der Waals surface area contributed by atoms with Crippen molar-refractivity contribution >= 4 is 5.91 Å². The van der Waals surface area contributed by atoms with Gasteiger partial charge in [0.2, 0.25) is 0 Å². The molecule has 0 spiro atoms. The van der Waals surface area contributed by atoms with Gasteiger partial charge in [-0.05, 0) is 47.5 Å². The second-order valence-corrected chi connectivity index (χ2v) is 5.99. The van der Waals surface area contributed by atoms with Crippen molar-refractivity contribution in [3.05, 3.63) is 95.6 Å². The fourth-order valence-corrected chi connectivity index (χ4v) is 2.80. The molecule has 0 saturated heterocycles. The fourth-order valence-electron chi connectivity index (χ4n) is 2.80. The van der Waals surface area contributed by atoms with Gasteiger partial charge in [0.25, 0.3) is 5.91 Å². The van der Waals surface area contributed by atoms with E-state index in [2.05, 4.69) is 10.1 Å². The molecule has 1 N–H and O–H groups in total. The van der Waals surface area contributed by atoms with E-state index in [4.69, 9.17) is 4.74 Å². The van der Waals surface area contributed by atoms with Crippen molar-refractivity contribution in [3.8, 4) is 11.5 Å². The number of ether oxygens (including phenoxy) is 2. The quantitative estimate of drug-likeness (QED) is 0.637. The lowest BCUT2D eigenvalue weighted by Gasteiger charge is -2.20. The number of hydrogen-bond acceptors (Lipinski definition) is 3. The van der Waals surface area contributed by atoms with Crippen LogP contribution in [0.25, 0.3) is 0 Å². The Bertz CT molecular complexity index is 897. The fraction of sp³-hybridized carbons (Fsp3) is 0.136. The lowest BCUT2D eigenvalue weighted by molar-refractivity contribution is -0.0498.